The van der Waals surface area contributed by atoms with Crippen molar-refractivity contribution in [3.05, 3.63) is 94.6 Å². The average Bonchev–Trinajstić information content (AvgIpc) is 3.20. The standard InChI is InChI=1S/C32H36N2O6/c1-21-8-6-9-22(18-21)20-40-25-13-10-23(11-14-25)30(35)28-29(24-12-15-26(38-4)27(19-24)39-5)34(32(37)31(28)36)17-7-16-33(2)3/h6,8-15,18-19,29,35H,7,16-17,20H2,1-5H3/b30-28+/t29-/m1/s1. The molecule has 210 valence electrons. The minimum atomic E-state index is -0.779. The summed E-state index contributed by atoms with van der Waals surface area (Å²) in [6, 6.07) is 19.4. The van der Waals surface area contributed by atoms with Crippen LogP contribution in [0.4, 0.5) is 0 Å². The molecule has 1 atom stereocenters. The van der Waals surface area contributed by atoms with E-state index in [2.05, 4.69) is 6.07 Å². The van der Waals surface area contributed by atoms with Crippen molar-refractivity contribution in [1.29, 1.82) is 0 Å². The first kappa shape index (κ1) is 28.7. The molecule has 8 heteroatoms. The maximum Gasteiger partial charge on any atom is 0.295 e. The number of carbonyl (C=O) groups excluding carboxylic acids is 2. The number of ether oxygens (including phenoxy) is 3. The summed E-state index contributed by atoms with van der Waals surface area (Å²) in [4.78, 5) is 30.1. The Morgan fingerprint density at radius 2 is 1.68 bits per heavy atom. The molecule has 0 radical (unpaired) electrons. The third-order valence-electron chi connectivity index (χ3n) is 6.88. The molecule has 0 spiro atoms. The van der Waals surface area contributed by atoms with Crippen LogP contribution in [0.3, 0.4) is 0 Å². The first-order chi connectivity index (χ1) is 19.2. The van der Waals surface area contributed by atoms with Gasteiger partial charge in [0.05, 0.1) is 25.8 Å². The van der Waals surface area contributed by atoms with E-state index in [1.54, 1.807) is 49.6 Å². The fourth-order valence-corrected chi connectivity index (χ4v) is 4.87. The maximum absolute atomic E-state index is 13.3. The molecule has 0 bridgehead atoms. The third kappa shape index (κ3) is 6.29. The van der Waals surface area contributed by atoms with Crippen LogP contribution in [-0.4, -0.2) is 68.0 Å². The van der Waals surface area contributed by atoms with E-state index in [-0.39, 0.29) is 11.3 Å². The summed E-state index contributed by atoms with van der Waals surface area (Å²) in [5, 5.41) is 11.4. The molecule has 1 amide bonds. The number of hydrogen-bond donors (Lipinski definition) is 1. The van der Waals surface area contributed by atoms with Gasteiger partial charge in [-0.05, 0) is 81.5 Å². The number of aliphatic hydroxyl groups is 1. The Kier molecular flexibility index (Phi) is 9.11. The molecule has 1 saturated heterocycles. The number of carbonyl (C=O) groups is 2. The van der Waals surface area contributed by atoms with E-state index in [4.69, 9.17) is 14.2 Å². The van der Waals surface area contributed by atoms with Crippen molar-refractivity contribution >= 4 is 17.4 Å². The van der Waals surface area contributed by atoms with Gasteiger partial charge in [-0.2, -0.15) is 0 Å². The summed E-state index contributed by atoms with van der Waals surface area (Å²) in [6.07, 6.45) is 0.664. The number of aryl methyl sites for hydroxylation is 1. The lowest BCUT2D eigenvalue weighted by Crippen LogP contribution is -2.32. The number of methoxy groups -OCH3 is 2. The first-order valence-electron chi connectivity index (χ1n) is 13.2. The number of aliphatic hydroxyl groups excluding tert-OH is 1. The average molecular weight is 545 g/mol. The molecule has 3 aromatic carbocycles. The van der Waals surface area contributed by atoms with Crippen molar-refractivity contribution in [1.82, 2.24) is 9.80 Å². The molecule has 0 saturated carbocycles. The predicted octanol–water partition coefficient (Wildman–Crippen LogP) is 4.96. The minimum Gasteiger partial charge on any atom is -0.507 e. The van der Waals surface area contributed by atoms with Crippen molar-refractivity contribution in [2.45, 2.75) is 26.0 Å². The molecule has 0 aromatic heterocycles. The van der Waals surface area contributed by atoms with Crippen LogP contribution in [0.15, 0.2) is 72.3 Å². The van der Waals surface area contributed by atoms with E-state index in [9.17, 15) is 14.7 Å². The van der Waals surface area contributed by atoms with Gasteiger partial charge in [-0.25, -0.2) is 0 Å². The van der Waals surface area contributed by atoms with Gasteiger partial charge in [-0.15, -0.1) is 0 Å². The zero-order chi connectivity index (χ0) is 28.8. The van der Waals surface area contributed by atoms with Crippen molar-refractivity contribution in [3.63, 3.8) is 0 Å². The highest BCUT2D eigenvalue weighted by Gasteiger charge is 2.46. The second kappa shape index (κ2) is 12.7. The zero-order valence-corrected chi connectivity index (χ0v) is 23.6. The molecule has 1 aliphatic heterocycles. The number of hydrogen-bond acceptors (Lipinski definition) is 7. The Hall–Kier alpha value is -4.30. The summed E-state index contributed by atoms with van der Waals surface area (Å²) in [5.41, 5.74) is 3.30. The van der Waals surface area contributed by atoms with Gasteiger partial charge in [0.2, 0.25) is 0 Å². The topological polar surface area (TPSA) is 88.5 Å². The smallest absolute Gasteiger partial charge is 0.295 e. The molecule has 40 heavy (non-hydrogen) atoms. The lowest BCUT2D eigenvalue weighted by Gasteiger charge is -2.26. The maximum atomic E-state index is 13.3. The van der Waals surface area contributed by atoms with Crippen LogP contribution in [0, 0.1) is 6.92 Å². The van der Waals surface area contributed by atoms with Gasteiger partial charge >= 0.3 is 0 Å². The molecule has 0 aliphatic carbocycles. The van der Waals surface area contributed by atoms with E-state index in [1.807, 2.05) is 44.1 Å². The van der Waals surface area contributed by atoms with E-state index in [0.29, 0.717) is 47.9 Å². The highest BCUT2D eigenvalue weighted by molar-refractivity contribution is 6.46. The largest absolute Gasteiger partial charge is 0.507 e. The van der Waals surface area contributed by atoms with Crippen LogP contribution in [0.25, 0.3) is 5.76 Å². The van der Waals surface area contributed by atoms with Gasteiger partial charge in [0, 0.05) is 12.1 Å². The van der Waals surface area contributed by atoms with Crippen LogP contribution in [-0.2, 0) is 16.2 Å². The number of rotatable bonds is 11. The molecular weight excluding hydrogens is 508 g/mol. The van der Waals surface area contributed by atoms with E-state index >= 15 is 0 Å². The first-order valence-corrected chi connectivity index (χ1v) is 13.2. The van der Waals surface area contributed by atoms with E-state index in [1.165, 1.54) is 12.0 Å². The third-order valence-corrected chi connectivity index (χ3v) is 6.88. The van der Waals surface area contributed by atoms with Gasteiger partial charge in [-0.3, -0.25) is 9.59 Å². The van der Waals surface area contributed by atoms with Crippen LogP contribution in [0.5, 0.6) is 17.2 Å². The highest BCUT2D eigenvalue weighted by atomic mass is 16.5. The number of nitrogens with zero attached hydrogens (tertiary/aromatic N) is 2. The number of amides is 1. The summed E-state index contributed by atoms with van der Waals surface area (Å²) >= 11 is 0. The molecular formula is C32H36N2O6. The normalized spacial score (nSPS) is 16.4. The summed E-state index contributed by atoms with van der Waals surface area (Å²) in [6.45, 7) is 3.53. The quantitative estimate of drug-likeness (QED) is 0.207. The Labute approximate surface area is 235 Å². The van der Waals surface area contributed by atoms with Gasteiger partial charge in [0.1, 0.15) is 18.1 Å². The van der Waals surface area contributed by atoms with Gasteiger partial charge in [0.25, 0.3) is 11.7 Å². The molecule has 0 unspecified atom stereocenters. The molecule has 1 fully saturated rings. The number of benzene rings is 3. The van der Waals surface area contributed by atoms with Crippen LogP contribution in [0.2, 0.25) is 0 Å². The fourth-order valence-electron chi connectivity index (χ4n) is 4.87. The SMILES string of the molecule is COc1ccc([C@@H]2/C(=C(\O)c3ccc(OCc4cccc(C)c4)cc3)C(=O)C(=O)N2CCCN(C)C)cc1OC. The summed E-state index contributed by atoms with van der Waals surface area (Å²) < 4.78 is 16.8. The summed E-state index contributed by atoms with van der Waals surface area (Å²) in [5.74, 6) is 0.0169. The monoisotopic (exact) mass is 544 g/mol. The van der Waals surface area contributed by atoms with Crippen molar-refractivity contribution in [3.8, 4) is 17.2 Å². The summed E-state index contributed by atoms with van der Waals surface area (Å²) in [7, 11) is 6.97. The second-order valence-corrected chi connectivity index (χ2v) is 10.1. The van der Waals surface area contributed by atoms with Gasteiger partial charge in [0.15, 0.2) is 11.5 Å². The van der Waals surface area contributed by atoms with Crippen molar-refractivity contribution in [2.75, 3.05) is 41.4 Å². The zero-order valence-electron chi connectivity index (χ0n) is 23.6. The lowest BCUT2D eigenvalue weighted by molar-refractivity contribution is -0.139. The molecule has 4 rings (SSSR count). The predicted molar refractivity (Wildman–Crippen MR) is 154 cm³/mol. The minimum absolute atomic E-state index is 0.0375. The van der Waals surface area contributed by atoms with Crippen LogP contribution >= 0.6 is 0 Å². The Bertz CT molecular complexity index is 1400. The van der Waals surface area contributed by atoms with Crippen LogP contribution < -0.4 is 14.2 Å². The van der Waals surface area contributed by atoms with E-state index in [0.717, 1.165) is 17.7 Å². The Morgan fingerprint density at radius 3 is 2.33 bits per heavy atom. The molecule has 1 aliphatic rings. The number of likely N-dealkylation sites (tertiary alicyclic amines) is 1. The van der Waals surface area contributed by atoms with Crippen LogP contribution in [0.1, 0.15) is 34.7 Å². The fraction of sp³-hybridized carbons (Fsp3) is 0.312. The van der Waals surface area contributed by atoms with Gasteiger partial charge in [-0.1, -0.05) is 35.9 Å². The van der Waals surface area contributed by atoms with Crippen molar-refractivity contribution in [2.24, 2.45) is 0 Å². The Balaban J connectivity index is 1.67. The van der Waals surface area contributed by atoms with E-state index < -0.39 is 17.7 Å². The molecule has 1 N–H and O–H groups in total. The van der Waals surface area contributed by atoms with Gasteiger partial charge < -0.3 is 29.1 Å². The molecule has 8 nitrogen and oxygen atoms in total. The molecule has 3 aromatic rings. The number of Topliss-reactive ketones (excluding diaryl/α,β-unsaturated/α-hetero) is 1. The number of ketones is 1. The lowest BCUT2D eigenvalue weighted by atomic mass is 9.95. The Morgan fingerprint density at radius 1 is 0.950 bits per heavy atom. The molecule has 1 heterocycles. The highest BCUT2D eigenvalue weighted by Crippen LogP contribution is 2.42. The second-order valence-electron chi connectivity index (χ2n) is 10.1. The van der Waals surface area contributed by atoms with Crippen molar-refractivity contribution < 1.29 is 28.9 Å².